The van der Waals surface area contributed by atoms with Gasteiger partial charge in [-0.2, -0.15) is 0 Å². The van der Waals surface area contributed by atoms with Crippen molar-refractivity contribution < 1.29 is 9.53 Å². The first-order valence-corrected chi connectivity index (χ1v) is 7.58. The lowest BCUT2D eigenvalue weighted by atomic mass is 10.2. The quantitative estimate of drug-likeness (QED) is 0.923. The average Bonchev–Trinajstić information content (AvgIpc) is 2.93. The fraction of sp³-hybridized carbons (Fsp3) is 0.333. The minimum Gasteiger partial charge on any atom is -0.354 e. The second-order valence-electron chi connectivity index (χ2n) is 5.08. The molecule has 21 heavy (non-hydrogen) atoms. The highest BCUT2D eigenvalue weighted by Crippen LogP contribution is 2.23. The van der Waals surface area contributed by atoms with E-state index in [0.29, 0.717) is 13.3 Å². The van der Waals surface area contributed by atoms with Crippen molar-refractivity contribution in [1.82, 2.24) is 10.3 Å². The molecule has 1 amide bonds. The summed E-state index contributed by atoms with van der Waals surface area (Å²) < 4.78 is 6.71. The molecule has 0 bridgehead atoms. The number of nitrogens with zero attached hydrogens (tertiary/aromatic N) is 2. The van der Waals surface area contributed by atoms with E-state index >= 15 is 0 Å². The van der Waals surface area contributed by atoms with Gasteiger partial charge in [-0.05, 0) is 30.3 Å². The van der Waals surface area contributed by atoms with Gasteiger partial charge in [-0.15, -0.1) is 0 Å². The maximum atomic E-state index is 10.9. The predicted octanol–water partition coefficient (Wildman–Crippen LogP) is 2.30. The SMILES string of the molecule is CC(=O)NC[C@H]1CN(c2ccc3cc(Br)ccc3n2)CO1. The highest BCUT2D eigenvalue weighted by molar-refractivity contribution is 9.10. The summed E-state index contributed by atoms with van der Waals surface area (Å²) >= 11 is 3.46. The average molecular weight is 350 g/mol. The maximum Gasteiger partial charge on any atom is 0.216 e. The number of hydrogen-bond donors (Lipinski definition) is 1. The van der Waals surface area contributed by atoms with Crippen molar-refractivity contribution in [3.05, 3.63) is 34.8 Å². The molecular weight excluding hydrogens is 334 g/mol. The fourth-order valence-corrected chi connectivity index (χ4v) is 2.73. The van der Waals surface area contributed by atoms with E-state index in [0.717, 1.165) is 27.7 Å². The molecule has 0 saturated carbocycles. The van der Waals surface area contributed by atoms with Crippen LogP contribution in [-0.2, 0) is 9.53 Å². The van der Waals surface area contributed by atoms with E-state index < -0.39 is 0 Å². The Balaban J connectivity index is 1.73. The van der Waals surface area contributed by atoms with Gasteiger partial charge in [0.05, 0.1) is 11.6 Å². The van der Waals surface area contributed by atoms with Crippen LogP contribution < -0.4 is 10.2 Å². The van der Waals surface area contributed by atoms with Crippen LogP contribution in [-0.4, -0.2) is 36.8 Å². The minimum atomic E-state index is -0.0357. The van der Waals surface area contributed by atoms with E-state index in [2.05, 4.69) is 37.2 Å². The van der Waals surface area contributed by atoms with E-state index in [4.69, 9.17) is 4.74 Å². The Morgan fingerprint density at radius 1 is 1.48 bits per heavy atom. The molecule has 3 rings (SSSR count). The Labute approximate surface area is 131 Å². The summed E-state index contributed by atoms with van der Waals surface area (Å²) in [6.45, 7) is 3.27. The molecule has 0 radical (unpaired) electrons. The van der Waals surface area contributed by atoms with Gasteiger partial charge in [0.2, 0.25) is 5.91 Å². The van der Waals surface area contributed by atoms with Crippen LogP contribution in [0.4, 0.5) is 5.82 Å². The summed E-state index contributed by atoms with van der Waals surface area (Å²) in [5, 5.41) is 3.88. The number of benzene rings is 1. The molecule has 1 aliphatic heterocycles. The van der Waals surface area contributed by atoms with Gasteiger partial charge >= 0.3 is 0 Å². The summed E-state index contributed by atoms with van der Waals surface area (Å²) in [6.07, 6.45) is 0.0105. The van der Waals surface area contributed by atoms with Crippen LogP contribution in [0.1, 0.15) is 6.92 Å². The summed E-state index contributed by atoms with van der Waals surface area (Å²) in [5.74, 6) is 0.863. The first-order chi connectivity index (χ1) is 10.1. The van der Waals surface area contributed by atoms with Crippen molar-refractivity contribution in [2.24, 2.45) is 0 Å². The summed E-state index contributed by atoms with van der Waals surface area (Å²) in [7, 11) is 0. The topological polar surface area (TPSA) is 54.5 Å². The van der Waals surface area contributed by atoms with Crippen LogP contribution in [0.5, 0.6) is 0 Å². The van der Waals surface area contributed by atoms with Gasteiger partial charge < -0.3 is 15.0 Å². The Morgan fingerprint density at radius 2 is 2.33 bits per heavy atom. The molecule has 1 fully saturated rings. The van der Waals surface area contributed by atoms with Gasteiger partial charge in [0, 0.05) is 29.9 Å². The molecule has 0 unspecified atom stereocenters. The molecule has 1 aromatic heterocycles. The Morgan fingerprint density at radius 3 is 3.14 bits per heavy atom. The lowest BCUT2D eigenvalue weighted by Gasteiger charge is -2.15. The molecule has 1 aromatic carbocycles. The highest BCUT2D eigenvalue weighted by Gasteiger charge is 2.24. The van der Waals surface area contributed by atoms with Crippen molar-refractivity contribution in [2.75, 3.05) is 24.7 Å². The van der Waals surface area contributed by atoms with Gasteiger partial charge in [0.25, 0.3) is 0 Å². The number of halogens is 1. The lowest BCUT2D eigenvalue weighted by Crippen LogP contribution is -2.33. The number of aromatic nitrogens is 1. The molecule has 110 valence electrons. The zero-order valence-electron chi connectivity index (χ0n) is 11.7. The third kappa shape index (κ3) is 3.33. The van der Waals surface area contributed by atoms with Crippen molar-refractivity contribution in [3.8, 4) is 0 Å². The van der Waals surface area contributed by atoms with Gasteiger partial charge in [0.1, 0.15) is 12.5 Å². The monoisotopic (exact) mass is 349 g/mol. The summed E-state index contributed by atoms with van der Waals surface area (Å²) in [4.78, 5) is 17.7. The largest absolute Gasteiger partial charge is 0.354 e. The van der Waals surface area contributed by atoms with E-state index in [1.165, 1.54) is 6.92 Å². The summed E-state index contributed by atoms with van der Waals surface area (Å²) in [5.41, 5.74) is 0.959. The first kappa shape index (κ1) is 14.3. The molecule has 5 nitrogen and oxygen atoms in total. The number of hydrogen-bond acceptors (Lipinski definition) is 4. The van der Waals surface area contributed by atoms with E-state index in [9.17, 15) is 4.79 Å². The minimum absolute atomic E-state index is 0.0105. The van der Waals surface area contributed by atoms with Crippen molar-refractivity contribution in [1.29, 1.82) is 0 Å². The van der Waals surface area contributed by atoms with E-state index in [1.807, 2.05) is 24.3 Å². The lowest BCUT2D eigenvalue weighted by molar-refractivity contribution is -0.119. The molecule has 2 aromatic rings. The highest BCUT2D eigenvalue weighted by atomic mass is 79.9. The van der Waals surface area contributed by atoms with Crippen LogP contribution >= 0.6 is 15.9 Å². The van der Waals surface area contributed by atoms with Crippen molar-refractivity contribution in [3.63, 3.8) is 0 Å². The zero-order chi connectivity index (χ0) is 14.8. The molecule has 1 aliphatic rings. The second kappa shape index (κ2) is 5.99. The number of amides is 1. The number of anilines is 1. The van der Waals surface area contributed by atoms with Crippen molar-refractivity contribution >= 4 is 38.6 Å². The number of ether oxygens (including phenoxy) is 1. The molecule has 0 aliphatic carbocycles. The molecule has 1 saturated heterocycles. The molecule has 1 atom stereocenters. The van der Waals surface area contributed by atoms with Crippen LogP contribution in [0, 0.1) is 0 Å². The van der Waals surface area contributed by atoms with Gasteiger partial charge in [-0.25, -0.2) is 4.98 Å². The second-order valence-corrected chi connectivity index (χ2v) is 6.00. The predicted molar refractivity (Wildman–Crippen MR) is 85.2 cm³/mol. The number of rotatable bonds is 3. The third-order valence-corrected chi connectivity index (χ3v) is 3.92. The van der Waals surface area contributed by atoms with Crippen LogP contribution in [0.2, 0.25) is 0 Å². The zero-order valence-corrected chi connectivity index (χ0v) is 13.3. The first-order valence-electron chi connectivity index (χ1n) is 6.79. The normalized spacial score (nSPS) is 18.2. The standard InChI is InChI=1S/C15H16BrN3O2/c1-10(20)17-7-13-8-19(9-21-13)15-5-2-11-6-12(16)3-4-14(11)18-15/h2-6,13H,7-9H2,1H3,(H,17,20)/t13-/m0/s1. The molecule has 6 heteroatoms. The van der Waals surface area contributed by atoms with Crippen LogP contribution in [0.3, 0.4) is 0 Å². The Hall–Kier alpha value is -1.66. The van der Waals surface area contributed by atoms with Gasteiger partial charge in [0.15, 0.2) is 0 Å². The molecule has 1 N–H and O–H groups in total. The van der Waals surface area contributed by atoms with Crippen LogP contribution in [0.25, 0.3) is 10.9 Å². The van der Waals surface area contributed by atoms with Gasteiger partial charge in [-0.1, -0.05) is 15.9 Å². The molecule has 2 heterocycles. The number of nitrogens with one attached hydrogen (secondary N) is 1. The number of pyridine rings is 1. The Kier molecular flexibility index (Phi) is 4.07. The fourth-order valence-electron chi connectivity index (χ4n) is 2.35. The molecule has 0 spiro atoms. The van der Waals surface area contributed by atoms with Gasteiger partial charge in [-0.3, -0.25) is 4.79 Å². The number of carbonyl (C=O) groups is 1. The van der Waals surface area contributed by atoms with E-state index in [-0.39, 0.29) is 12.0 Å². The van der Waals surface area contributed by atoms with E-state index in [1.54, 1.807) is 0 Å². The summed E-state index contributed by atoms with van der Waals surface area (Å²) in [6, 6.07) is 10.1. The third-order valence-electron chi connectivity index (χ3n) is 3.43. The Bertz CT molecular complexity index is 677. The maximum absolute atomic E-state index is 10.9. The molecular formula is C15H16BrN3O2. The number of fused-ring (bicyclic) bond motifs is 1. The smallest absolute Gasteiger partial charge is 0.216 e. The van der Waals surface area contributed by atoms with Crippen molar-refractivity contribution in [2.45, 2.75) is 13.0 Å². The number of carbonyl (C=O) groups excluding carboxylic acids is 1. The van der Waals surface area contributed by atoms with Crippen LogP contribution in [0.15, 0.2) is 34.8 Å².